The summed E-state index contributed by atoms with van der Waals surface area (Å²) in [6.07, 6.45) is -0.315. The van der Waals surface area contributed by atoms with Crippen LogP contribution in [0.3, 0.4) is 0 Å². The third-order valence-corrected chi connectivity index (χ3v) is 4.46. The number of nitrogens with one attached hydrogen (secondary N) is 2. The van der Waals surface area contributed by atoms with Gasteiger partial charge in [0.25, 0.3) is 5.09 Å². The lowest BCUT2D eigenvalue weighted by atomic mass is 10.1. The second-order valence-corrected chi connectivity index (χ2v) is 7.55. The number of aliphatic hydroxyl groups excluding tert-OH is 1. The van der Waals surface area contributed by atoms with Gasteiger partial charge in [0, 0.05) is 35.5 Å². The number of nitrogens with zero attached hydrogens (tertiary/aromatic N) is 1. The average molecular weight is 416 g/mol. The Bertz CT molecular complexity index is 656. The van der Waals surface area contributed by atoms with Crippen molar-refractivity contribution in [1.82, 2.24) is 10.6 Å². The molecule has 0 saturated carbocycles. The summed E-state index contributed by atoms with van der Waals surface area (Å²) in [5.74, 6) is 0.465. The van der Waals surface area contributed by atoms with Crippen LogP contribution in [0.25, 0.3) is 0 Å². The number of carbonyl (C=O) groups is 1. The number of rotatable bonds is 13. The molecule has 1 atom stereocenters. The Morgan fingerprint density at radius 2 is 2.14 bits per heavy atom. The number of benzene rings is 1. The second kappa shape index (κ2) is 11.7. The van der Waals surface area contributed by atoms with Gasteiger partial charge in [-0.1, -0.05) is 6.07 Å². The molecule has 9 nitrogen and oxygen atoms in total. The normalized spacial score (nSPS) is 12.3. The zero-order valence-electron chi connectivity index (χ0n) is 16.4. The van der Waals surface area contributed by atoms with E-state index in [4.69, 9.17) is 4.74 Å². The zero-order chi connectivity index (χ0) is 21.2. The summed E-state index contributed by atoms with van der Waals surface area (Å²) in [6, 6.07) is 5.53. The highest BCUT2D eigenvalue weighted by Crippen LogP contribution is 2.23. The second-order valence-electron chi connectivity index (χ2n) is 7.07. The Kier molecular flexibility index (Phi) is 10.0. The van der Waals surface area contributed by atoms with Crippen LogP contribution in [0, 0.1) is 17.0 Å². The number of aliphatic hydroxyl groups is 1. The molecule has 158 valence electrons. The Morgan fingerprint density at radius 1 is 1.43 bits per heavy atom. The lowest BCUT2D eigenvalue weighted by Gasteiger charge is -2.28. The Labute approximate surface area is 170 Å². The first kappa shape index (κ1) is 24.0. The van der Waals surface area contributed by atoms with Crippen molar-refractivity contribution in [1.29, 1.82) is 0 Å². The zero-order valence-corrected chi connectivity index (χ0v) is 17.3. The Morgan fingerprint density at radius 3 is 2.82 bits per heavy atom. The van der Waals surface area contributed by atoms with Gasteiger partial charge in [0.2, 0.25) is 5.91 Å². The molecule has 0 aromatic heterocycles. The molecule has 1 unspecified atom stereocenters. The summed E-state index contributed by atoms with van der Waals surface area (Å²) in [4.78, 5) is 26.8. The van der Waals surface area contributed by atoms with Gasteiger partial charge >= 0.3 is 0 Å². The van der Waals surface area contributed by atoms with E-state index in [0.717, 1.165) is 10.5 Å². The van der Waals surface area contributed by atoms with Crippen LogP contribution >= 0.6 is 12.6 Å². The third-order valence-electron chi connectivity index (χ3n) is 3.98. The van der Waals surface area contributed by atoms with Crippen molar-refractivity contribution in [3.05, 3.63) is 33.9 Å². The van der Waals surface area contributed by atoms with Crippen LogP contribution in [-0.4, -0.2) is 54.0 Å². The number of ether oxygens (including phenoxy) is 1. The van der Waals surface area contributed by atoms with E-state index in [9.17, 15) is 20.0 Å². The van der Waals surface area contributed by atoms with Gasteiger partial charge in [0.1, 0.15) is 18.5 Å². The van der Waals surface area contributed by atoms with Gasteiger partial charge in [-0.2, -0.15) is 0 Å². The van der Waals surface area contributed by atoms with Crippen molar-refractivity contribution in [2.45, 2.75) is 50.2 Å². The maximum atomic E-state index is 11.8. The number of thiol groups is 1. The van der Waals surface area contributed by atoms with Gasteiger partial charge in [0.15, 0.2) is 0 Å². The first-order valence-corrected chi connectivity index (χ1v) is 9.44. The lowest BCUT2D eigenvalue weighted by Crippen LogP contribution is -2.51. The van der Waals surface area contributed by atoms with E-state index in [1.165, 1.54) is 0 Å². The summed E-state index contributed by atoms with van der Waals surface area (Å²) >= 11 is 4.34. The van der Waals surface area contributed by atoms with E-state index in [-0.39, 0.29) is 32.0 Å². The summed E-state index contributed by atoms with van der Waals surface area (Å²) < 4.78 is 5.65. The number of carbonyl (C=O) groups excluding carboxylic acids is 1. The van der Waals surface area contributed by atoms with E-state index in [1.807, 2.05) is 39.0 Å². The van der Waals surface area contributed by atoms with Crippen molar-refractivity contribution in [2.24, 2.45) is 0 Å². The fraction of sp³-hybridized carbons (Fsp3) is 0.611. The van der Waals surface area contributed by atoms with Crippen molar-refractivity contribution in [3.8, 4) is 5.75 Å². The average Bonchev–Trinajstić information content (AvgIpc) is 2.63. The van der Waals surface area contributed by atoms with Crippen molar-refractivity contribution >= 4 is 18.5 Å². The minimum absolute atomic E-state index is 0.107. The van der Waals surface area contributed by atoms with Gasteiger partial charge < -0.3 is 25.3 Å². The summed E-state index contributed by atoms with van der Waals surface area (Å²) in [5, 5.41) is 25.2. The van der Waals surface area contributed by atoms with E-state index in [0.29, 0.717) is 18.8 Å². The predicted octanol–water partition coefficient (Wildman–Crippen LogP) is 1.50. The molecule has 1 aromatic carbocycles. The van der Waals surface area contributed by atoms with Gasteiger partial charge in [-0.15, -0.1) is 22.7 Å². The van der Waals surface area contributed by atoms with Crippen LogP contribution in [0.1, 0.15) is 32.3 Å². The Balaban J connectivity index is 2.27. The maximum absolute atomic E-state index is 11.8. The van der Waals surface area contributed by atoms with Gasteiger partial charge in [0.05, 0.1) is 6.61 Å². The number of amides is 1. The summed E-state index contributed by atoms with van der Waals surface area (Å²) in [7, 11) is 0. The number of hydrogen-bond donors (Lipinski definition) is 4. The van der Waals surface area contributed by atoms with E-state index in [2.05, 4.69) is 28.1 Å². The van der Waals surface area contributed by atoms with E-state index < -0.39 is 16.7 Å². The molecule has 1 rings (SSSR count). The molecule has 3 N–H and O–H groups in total. The molecule has 0 aliphatic rings. The molecule has 10 heteroatoms. The topological polar surface area (TPSA) is 123 Å². The highest BCUT2D eigenvalue weighted by Gasteiger charge is 2.20. The SMILES string of the molecule is Cc1c(S)cccc1OCC(O)CNC(C)(C)CNC(=O)CCCO[N+](=O)[O-]. The van der Waals surface area contributed by atoms with Crippen LogP contribution in [0.5, 0.6) is 5.75 Å². The van der Waals surface area contributed by atoms with Crippen LogP contribution in [0.4, 0.5) is 0 Å². The minimum Gasteiger partial charge on any atom is -0.491 e. The maximum Gasteiger partial charge on any atom is 0.294 e. The van der Waals surface area contributed by atoms with E-state index in [1.54, 1.807) is 0 Å². The minimum atomic E-state index is -0.879. The first-order chi connectivity index (χ1) is 13.1. The van der Waals surface area contributed by atoms with Crippen molar-refractivity contribution in [3.63, 3.8) is 0 Å². The lowest BCUT2D eigenvalue weighted by molar-refractivity contribution is -0.757. The molecule has 0 bridgehead atoms. The molecule has 1 amide bonds. The summed E-state index contributed by atoms with van der Waals surface area (Å²) in [5.41, 5.74) is 0.465. The molecule has 0 aliphatic carbocycles. The molecule has 1 aromatic rings. The molecule has 0 aliphatic heterocycles. The number of β-amino-alcohol motifs (C(OH)–C–C–N with tert-alkyl or cyclic N) is 1. The predicted molar refractivity (Wildman–Crippen MR) is 107 cm³/mol. The molecule has 0 spiro atoms. The van der Waals surface area contributed by atoms with Crippen LogP contribution in [0.2, 0.25) is 0 Å². The van der Waals surface area contributed by atoms with Crippen molar-refractivity contribution in [2.75, 3.05) is 26.3 Å². The highest BCUT2D eigenvalue weighted by molar-refractivity contribution is 7.80. The summed E-state index contributed by atoms with van der Waals surface area (Å²) in [6.45, 7) is 6.34. The van der Waals surface area contributed by atoms with Gasteiger partial charge in [-0.25, -0.2) is 0 Å². The molecule has 28 heavy (non-hydrogen) atoms. The van der Waals surface area contributed by atoms with Crippen molar-refractivity contribution < 1.29 is 24.6 Å². The quantitative estimate of drug-likeness (QED) is 0.167. The van der Waals surface area contributed by atoms with Gasteiger partial charge in [-0.05, 0) is 39.3 Å². The molecule has 0 heterocycles. The van der Waals surface area contributed by atoms with Crippen LogP contribution < -0.4 is 15.4 Å². The molecule has 0 fully saturated rings. The molecule has 0 saturated heterocycles. The van der Waals surface area contributed by atoms with Gasteiger partial charge in [-0.3, -0.25) is 4.79 Å². The number of hydrogen-bond acceptors (Lipinski definition) is 8. The van der Waals surface area contributed by atoms with Crippen LogP contribution in [-0.2, 0) is 9.63 Å². The fourth-order valence-corrected chi connectivity index (χ4v) is 2.44. The van der Waals surface area contributed by atoms with E-state index >= 15 is 0 Å². The molecular weight excluding hydrogens is 386 g/mol. The largest absolute Gasteiger partial charge is 0.491 e. The highest BCUT2D eigenvalue weighted by atomic mass is 32.1. The first-order valence-electron chi connectivity index (χ1n) is 8.99. The fourth-order valence-electron chi connectivity index (χ4n) is 2.24. The monoisotopic (exact) mass is 415 g/mol. The van der Waals surface area contributed by atoms with Crippen LogP contribution in [0.15, 0.2) is 23.1 Å². The third kappa shape index (κ3) is 9.77. The molecular formula is C18H29N3O6S. The standard InChI is InChI=1S/C18H29N3O6S/c1-13-15(6-4-7-16(13)28)26-11-14(22)10-20-18(2,3)12-19-17(23)8-5-9-27-21(24)25/h4,6-7,14,20,22,28H,5,8-12H2,1-3H3,(H,19,23). The smallest absolute Gasteiger partial charge is 0.294 e. The Hall–Kier alpha value is -2.04. The molecule has 0 radical (unpaired) electrons.